The number of hydrogen-bond donors (Lipinski definition) is 2. The first-order valence-corrected chi connectivity index (χ1v) is 6.25. The minimum atomic E-state index is -0.729. The highest BCUT2D eigenvalue weighted by Gasteiger charge is 2.28. The lowest BCUT2D eigenvalue weighted by Crippen LogP contribution is -2.29. The normalized spacial score (nSPS) is 13.3. The molecular weight excluding hydrogens is 259 g/mol. The van der Waals surface area contributed by atoms with Crippen LogP contribution in [-0.4, -0.2) is 17.6 Å². The van der Waals surface area contributed by atoms with E-state index in [0.717, 1.165) is 17.3 Å². The number of fused-ring (bicyclic) bond motifs is 1. The van der Waals surface area contributed by atoms with Crippen molar-refractivity contribution in [1.82, 2.24) is 0 Å². The standard InChI is InChI=1S/C15H13FN2O2/c16-12-8-9(19)4-5-10(12)15(20)18-7-6-11-13(17)2-1-3-14(11)18/h1-5,8,19H,6-7,17H2. The summed E-state index contributed by atoms with van der Waals surface area (Å²) in [6, 6.07) is 8.88. The summed E-state index contributed by atoms with van der Waals surface area (Å²) in [5.41, 5.74) is 8.10. The predicted octanol–water partition coefficient (Wildman–Crippen LogP) is 2.32. The molecule has 0 saturated carbocycles. The van der Waals surface area contributed by atoms with Crippen molar-refractivity contribution in [3.63, 3.8) is 0 Å². The summed E-state index contributed by atoms with van der Waals surface area (Å²) in [6.45, 7) is 0.475. The molecule has 3 N–H and O–H groups in total. The fourth-order valence-electron chi connectivity index (χ4n) is 2.50. The summed E-state index contributed by atoms with van der Waals surface area (Å²) in [5, 5.41) is 9.20. The summed E-state index contributed by atoms with van der Waals surface area (Å²) in [5.74, 6) is -1.36. The zero-order valence-electron chi connectivity index (χ0n) is 10.6. The molecule has 0 aliphatic carbocycles. The van der Waals surface area contributed by atoms with Crippen molar-refractivity contribution in [2.75, 3.05) is 17.2 Å². The Morgan fingerprint density at radius 3 is 2.85 bits per heavy atom. The van der Waals surface area contributed by atoms with E-state index in [4.69, 9.17) is 5.73 Å². The van der Waals surface area contributed by atoms with Gasteiger partial charge in [-0.3, -0.25) is 4.79 Å². The quantitative estimate of drug-likeness (QED) is 0.783. The number of anilines is 2. The highest BCUT2D eigenvalue weighted by Crippen LogP contribution is 2.33. The van der Waals surface area contributed by atoms with Crippen LogP contribution in [0.4, 0.5) is 15.8 Å². The summed E-state index contributed by atoms with van der Waals surface area (Å²) < 4.78 is 13.8. The zero-order valence-corrected chi connectivity index (χ0v) is 10.6. The largest absolute Gasteiger partial charge is 0.508 e. The third kappa shape index (κ3) is 1.87. The van der Waals surface area contributed by atoms with Crippen LogP contribution in [0.15, 0.2) is 36.4 Å². The van der Waals surface area contributed by atoms with E-state index in [-0.39, 0.29) is 11.3 Å². The van der Waals surface area contributed by atoms with Crippen LogP contribution < -0.4 is 10.6 Å². The van der Waals surface area contributed by atoms with Gasteiger partial charge in [0.25, 0.3) is 5.91 Å². The van der Waals surface area contributed by atoms with E-state index in [1.165, 1.54) is 17.0 Å². The van der Waals surface area contributed by atoms with Crippen molar-refractivity contribution in [2.24, 2.45) is 0 Å². The van der Waals surface area contributed by atoms with E-state index in [0.29, 0.717) is 18.7 Å². The van der Waals surface area contributed by atoms with Gasteiger partial charge in [0.15, 0.2) is 0 Å². The first-order chi connectivity index (χ1) is 9.58. The van der Waals surface area contributed by atoms with Gasteiger partial charge in [0.2, 0.25) is 0 Å². The Morgan fingerprint density at radius 1 is 1.30 bits per heavy atom. The summed E-state index contributed by atoms with van der Waals surface area (Å²) in [7, 11) is 0. The number of nitrogens with zero attached hydrogens (tertiary/aromatic N) is 1. The van der Waals surface area contributed by atoms with Gasteiger partial charge in [0.1, 0.15) is 11.6 Å². The Morgan fingerprint density at radius 2 is 2.10 bits per heavy atom. The number of nitrogen functional groups attached to an aromatic ring is 1. The molecular formula is C15H13FN2O2. The van der Waals surface area contributed by atoms with E-state index < -0.39 is 11.7 Å². The van der Waals surface area contributed by atoms with Crippen molar-refractivity contribution in [3.8, 4) is 5.75 Å². The van der Waals surface area contributed by atoms with Gasteiger partial charge in [-0.05, 0) is 30.7 Å². The lowest BCUT2D eigenvalue weighted by Gasteiger charge is -2.18. The van der Waals surface area contributed by atoms with E-state index in [2.05, 4.69) is 0 Å². The van der Waals surface area contributed by atoms with Gasteiger partial charge in [0.05, 0.1) is 5.56 Å². The average molecular weight is 272 g/mol. The van der Waals surface area contributed by atoms with Gasteiger partial charge >= 0.3 is 0 Å². The fraction of sp³-hybridized carbons (Fsp3) is 0.133. The van der Waals surface area contributed by atoms with Gasteiger partial charge < -0.3 is 15.7 Å². The monoisotopic (exact) mass is 272 g/mol. The van der Waals surface area contributed by atoms with Crippen LogP contribution in [0.1, 0.15) is 15.9 Å². The van der Waals surface area contributed by atoms with Gasteiger partial charge in [-0.1, -0.05) is 6.07 Å². The molecule has 0 spiro atoms. The van der Waals surface area contributed by atoms with Gasteiger partial charge in [-0.25, -0.2) is 4.39 Å². The van der Waals surface area contributed by atoms with Crippen LogP contribution in [-0.2, 0) is 6.42 Å². The van der Waals surface area contributed by atoms with Gasteiger partial charge in [-0.15, -0.1) is 0 Å². The number of hydrogen-bond acceptors (Lipinski definition) is 3. The molecule has 2 aromatic carbocycles. The number of phenolic OH excluding ortho intramolecular Hbond substituents is 1. The molecule has 0 saturated heterocycles. The van der Waals surface area contributed by atoms with Crippen LogP contribution in [0.3, 0.4) is 0 Å². The van der Waals surface area contributed by atoms with Crippen LogP contribution >= 0.6 is 0 Å². The SMILES string of the molecule is Nc1cccc2c1CCN2C(=O)c1ccc(O)cc1F. The number of nitrogens with two attached hydrogens (primary N) is 1. The third-order valence-corrected chi connectivity index (χ3v) is 3.49. The second kappa shape index (κ2) is 4.52. The minimum absolute atomic E-state index is 0.0573. The number of aromatic hydroxyl groups is 1. The smallest absolute Gasteiger partial charge is 0.261 e. The maximum absolute atomic E-state index is 13.8. The predicted molar refractivity (Wildman–Crippen MR) is 74.3 cm³/mol. The molecule has 0 fully saturated rings. The number of rotatable bonds is 1. The number of halogens is 1. The molecule has 0 radical (unpaired) electrons. The molecule has 1 heterocycles. The lowest BCUT2D eigenvalue weighted by molar-refractivity contribution is 0.0985. The molecule has 4 nitrogen and oxygen atoms in total. The lowest BCUT2D eigenvalue weighted by atomic mass is 10.1. The number of benzene rings is 2. The van der Waals surface area contributed by atoms with Gasteiger partial charge in [0, 0.05) is 29.5 Å². The second-order valence-electron chi connectivity index (χ2n) is 4.72. The summed E-state index contributed by atoms with van der Waals surface area (Å²) in [4.78, 5) is 13.9. The van der Waals surface area contributed by atoms with Crippen molar-refractivity contribution >= 4 is 17.3 Å². The fourth-order valence-corrected chi connectivity index (χ4v) is 2.50. The Balaban J connectivity index is 2.00. The molecule has 1 amide bonds. The number of phenols is 1. The van der Waals surface area contributed by atoms with E-state index in [1.54, 1.807) is 18.2 Å². The topological polar surface area (TPSA) is 66.6 Å². The molecule has 2 aromatic rings. The molecule has 0 bridgehead atoms. The van der Waals surface area contributed by atoms with Crippen molar-refractivity contribution in [2.45, 2.75) is 6.42 Å². The average Bonchev–Trinajstić information content (AvgIpc) is 2.83. The van der Waals surface area contributed by atoms with Crippen LogP contribution in [0, 0.1) is 5.82 Å². The summed E-state index contributed by atoms with van der Waals surface area (Å²) >= 11 is 0. The Labute approximate surface area is 115 Å². The Kier molecular flexibility index (Phi) is 2.82. The molecule has 5 heteroatoms. The van der Waals surface area contributed by atoms with E-state index >= 15 is 0 Å². The highest BCUT2D eigenvalue weighted by molar-refractivity contribution is 6.08. The van der Waals surface area contributed by atoms with Crippen molar-refractivity contribution in [3.05, 3.63) is 53.3 Å². The van der Waals surface area contributed by atoms with Crippen LogP contribution in [0.25, 0.3) is 0 Å². The zero-order chi connectivity index (χ0) is 14.3. The molecule has 3 rings (SSSR count). The first kappa shape index (κ1) is 12.5. The minimum Gasteiger partial charge on any atom is -0.508 e. The molecule has 1 aliphatic heterocycles. The van der Waals surface area contributed by atoms with Crippen LogP contribution in [0.2, 0.25) is 0 Å². The maximum atomic E-state index is 13.8. The summed E-state index contributed by atoms with van der Waals surface area (Å²) in [6.07, 6.45) is 0.660. The molecule has 0 aromatic heterocycles. The number of carbonyl (C=O) groups is 1. The molecule has 0 unspecified atom stereocenters. The van der Waals surface area contributed by atoms with E-state index in [1.807, 2.05) is 0 Å². The molecule has 20 heavy (non-hydrogen) atoms. The number of amides is 1. The third-order valence-electron chi connectivity index (χ3n) is 3.49. The Bertz CT molecular complexity index is 700. The molecule has 1 aliphatic rings. The van der Waals surface area contributed by atoms with Crippen molar-refractivity contribution < 1.29 is 14.3 Å². The number of carbonyl (C=O) groups excluding carboxylic acids is 1. The van der Waals surface area contributed by atoms with Crippen LogP contribution in [0.5, 0.6) is 5.75 Å². The van der Waals surface area contributed by atoms with Gasteiger partial charge in [-0.2, -0.15) is 0 Å². The highest BCUT2D eigenvalue weighted by atomic mass is 19.1. The van der Waals surface area contributed by atoms with E-state index in [9.17, 15) is 14.3 Å². The Hall–Kier alpha value is -2.56. The second-order valence-corrected chi connectivity index (χ2v) is 4.72. The molecule has 0 atom stereocenters. The molecule has 102 valence electrons. The maximum Gasteiger partial charge on any atom is 0.261 e. The first-order valence-electron chi connectivity index (χ1n) is 6.25. The van der Waals surface area contributed by atoms with Crippen molar-refractivity contribution in [1.29, 1.82) is 0 Å².